The summed E-state index contributed by atoms with van der Waals surface area (Å²) in [6.07, 6.45) is 11.8. The van der Waals surface area contributed by atoms with E-state index < -0.39 is 12.2 Å². The van der Waals surface area contributed by atoms with E-state index in [-0.39, 0.29) is 58.2 Å². The molecule has 0 heterocycles. The van der Waals surface area contributed by atoms with Crippen molar-refractivity contribution in [2.45, 2.75) is 90.9 Å². The van der Waals surface area contributed by atoms with Gasteiger partial charge in [-0.1, -0.05) is 78.1 Å². The Morgan fingerprint density at radius 3 is 1.07 bits per heavy atom. The zero-order valence-corrected chi connectivity index (χ0v) is 21.8. The quantitative estimate of drug-likeness (QED) is 0.146. The minimum absolute atomic E-state index is 0. The Morgan fingerprint density at radius 2 is 0.828 bits per heavy atom. The van der Waals surface area contributed by atoms with Crippen molar-refractivity contribution in [2.24, 2.45) is 0 Å². The predicted molar refractivity (Wildman–Crippen MR) is 104 cm³/mol. The van der Waals surface area contributed by atoms with Crippen molar-refractivity contribution >= 4 is 12.2 Å². The maximum atomic E-state index is 9.91. The molecule has 0 rings (SSSR count). The van der Waals surface area contributed by atoms with Gasteiger partial charge in [0.1, 0.15) is 12.2 Å². The molecule has 0 aliphatic heterocycles. The van der Waals surface area contributed by atoms with Crippen molar-refractivity contribution < 1.29 is 65.7 Å². The summed E-state index contributed by atoms with van der Waals surface area (Å²) >= 11 is 0. The molecule has 0 fully saturated rings. The van der Waals surface area contributed by atoms with Crippen LogP contribution in [0.2, 0.25) is 0 Å². The van der Waals surface area contributed by atoms with Gasteiger partial charge in [0.25, 0.3) is 0 Å². The van der Waals surface area contributed by atoms with Gasteiger partial charge in [-0.3, -0.25) is 0 Å². The summed E-state index contributed by atoms with van der Waals surface area (Å²) in [7, 11) is 0. The van der Waals surface area contributed by atoms with Crippen LogP contribution in [0.5, 0.6) is 0 Å². The molecule has 0 aromatic carbocycles. The molecule has 11 heteroatoms. The summed E-state index contributed by atoms with van der Waals surface area (Å²) in [4.78, 5) is 19.8. The number of carbonyl (C=O) groups is 2. The zero-order chi connectivity index (χ0) is 18.5. The number of halogens is 2. The minimum atomic E-state index is -1.16. The van der Waals surface area contributed by atoms with Crippen molar-refractivity contribution in [3.8, 4) is 0 Å². The van der Waals surface area contributed by atoms with Crippen LogP contribution in [0.15, 0.2) is 0 Å². The van der Waals surface area contributed by atoms with Crippen molar-refractivity contribution in [1.82, 2.24) is 22.9 Å². The van der Waals surface area contributed by atoms with Gasteiger partial charge in [-0.2, -0.15) is 0 Å². The molecule has 182 valence electrons. The maximum absolute atomic E-state index is 9.91. The second-order valence-corrected chi connectivity index (χ2v) is 5.96. The fourth-order valence-corrected chi connectivity index (χ4v) is 2.19. The third-order valence-corrected chi connectivity index (χ3v) is 3.60. The molecule has 8 N–H and O–H groups in total. The molecule has 0 aromatic rings. The van der Waals surface area contributed by atoms with Crippen molar-refractivity contribution in [3.63, 3.8) is 0 Å². The van der Waals surface area contributed by atoms with Gasteiger partial charge < -0.3 is 67.6 Å². The van der Waals surface area contributed by atoms with E-state index in [1.807, 2.05) is 0 Å². The second-order valence-electron chi connectivity index (χ2n) is 5.96. The fraction of sp³-hybridized carbons (Fsp3) is 0.889. The molecular weight excluding hydrogens is 602 g/mol. The van der Waals surface area contributed by atoms with Gasteiger partial charge in [-0.15, -0.1) is 0 Å². The Morgan fingerprint density at radius 1 is 0.586 bits per heavy atom. The number of hydrogen-bond donors (Lipinski definition) is 4. The average Bonchev–Trinajstić information content (AvgIpc) is 2.53. The summed E-state index contributed by atoms with van der Waals surface area (Å²) in [6, 6.07) is 0. The standard InChI is InChI=1S/2C9H19NO2.2ClH.2H3N.Pt/c2*1-2-3-4-5-6-7-8-10-9(11)12;;;;;/h2*10H,2-8H2,1H3,(H,11,12);2*1H;2*1H3;/q;;;;;;+4/p-4. The Balaban J connectivity index is -0.0000000569. The van der Waals surface area contributed by atoms with Crippen molar-refractivity contribution in [3.05, 3.63) is 0 Å². The van der Waals surface area contributed by atoms with Gasteiger partial charge in [0.2, 0.25) is 0 Å². The Kier molecular flexibility index (Phi) is 67.7. The second kappa shape index (κ2) is 42.0. The van der Waals surface area contributed by atoms with Crippen LogP contribution in [-0.2, 0) is 21.1 Å². The predicted octanol–water partition coefficient (Wildman–Crippen LogP) is -3.11. The average molecular weight is 645 g/mol. The number of rotatable bonds is 14. The minimum Gasteiger partial charge on any atom is -1.00 e. The number of nitrogens with one attached hydrogen (secondary N) is 2. The molecular formula is C18H42Cl2N4O4Pt. The number of amides is 2. The maximum Gasteiger partial charge on any atom is 4.00 e. The Bertz CT molecular complexity index is 281. The fourth-order valence-electron chi connectivity index (χ4n) is 2.19. The normalized spacial score (nSPS) is 8.07. The topological polar surface area (TPSA) is 174 Å². The van der Waals surface area contributed by atoms with Crippen molar-refractivity contribution in [1.29, 1.82) is 0 Å². The molecule has 0 saturated carbocycles. The first-order chi connectivity index (χ1) is 11.5. The van der Waals surface area contributed by atoms with Gasteiger partial charge in [-0.25, -0.2) is 0 Å². The number of hydrogen-bond acceptors (Lipinski definition) is 6. The smallest absolute Gasteiger partial charge is 1.00 e. The Labute approximate surface area is 204 Å². The van der Waals surface area contributed by atoms with E-state index in [9.17, 15) is 19.8 Å². The van der Waals surface area contributed by atoms with Crippen LogP contribution >= 0.6 is 0 Å². The van der Waals surface area contributed by atoms with Gasteiger partial charge in [0, 0.05) is 13.1 Å². The molecule has 0 aromatic heterocycles. The van der Waals surface area contributed by atoms with E-state index >= 15 is 0 Å². The summed E-state index contributed by atoms with van der Waals surface area (Å²) in [6.45, 7) is 5.43. The van der Waals surface area contributed by atoms with E-state index in [2.05, 4.69) is 24.5 Å². The van der Waals surface area contributed by atoms with Crippen LogP contribution in [0.25, 0.3) is 0 Å². The van der Waals surface area contributed by atoms with Gasteiger partial charge in [-0.05, 0) is 12.8 Å². The summed E-state index contributed by atoms with van der Waals surface area (Å²) in [5.74, 6) is 0. The molecule has 0 saturated heterocycles. The number of carbonyl (C=O) groups excluding carboxylic acids is 2. The SMILES string of the molecule is CCCCCCCCNC(=O)[O-].CCCCCCCCNC(=O)[O-].N.N.[Cl-].[Cl-].[Pt+4]. The first-order valence-electron chi connectivity index (χ1n) is 9.44. The van der Waals surface area contributed by atoms with Gasteiger partial charge >= 0.3 is 21.1 Å². The van der Waals surface area contributed by atoms with Gasteiger partial charge in [0.15, 0.2) is 0 Å². The monoisotopic (exact) mass is 643 g/mol. The number of unbranched alkanes of at least 4 members (excludes halogenated alkanes) is 10. The molecule has 8 nitrogen and oxygen atoms in total. The van der Waals surface area contributed by atoms with Crippen LogP contribution in [0.3, 0.4) is 0 Å². The third-order valence-electron chi connectivity index (χ3n) is 3.60. The van der Waals surface area contributed by atoms with Crippen molar-refractivity contribution in [2.75, 3.05) is 13.1 Å². The molecule has 0 aliphatic rings. The van der Waals surface area contributed by atoms with Crippen LogP contribution in [0.4, 0.5) is 9.59 Å². The molecule has 0 aliphatic carbocycles. The molecule has 29 heavy (non-hydrogen) atoms. The molecule has 2 amide bonds. The van der Waals surface area contributed by atoms with Crippen LogP contribution < -0.4 is 58.0 Å². The first-order valence-corrected chi connectivity index (χ1v) is 9.44. The molecule has 0 spiro atoms. The largest absolute Gasteiger partial charge is 4.00 e. The van der Waals surface area contributed by atoms with E-state index in [0.29, 0.717) is 13.1 Å². The Hall–Kier alpha value is -0.272. The number of carboxylic acid groups (broad SMARTS) is 2. The first kappa shape index (κ1) is 46.8. The third kappa shape index (κ3) is 58.4. The zero-order valence-electron chi connectivity index (χ0n) is 18.0. The molecule has 0 radical (unpaired) electrons. The molecule has 0 unspecified atom stereocenters. The van der Waals surface area contributed by atoms with E-state index in [0.717, 1.165) is 25.7 Å². The summed E-state index contributed by atoms with van der Waals surface area (Å²) in [5, 5.41) is 24.3. The summed E-state index contributed by atoms with van der Waals surface area (Å²) < 4.78 is 0. The molecule has 0 atom stereocenters. The van der Waals surface area contributed by atoms with E-state index in [1.165, 1.54) is 51.4 Å². The summed E-state index contributed by atoms with van der Waals surface area (Å²) in [5.41, 5.74) is 0. The van der Waals surface area contributed by atoms with E-state index in [1.54, 1.807) is 0 Å². The van der Waals surface area contributed by atoms with Crippen LogP contribution in [0.1, 0.15) is 90.9 Å². The van der Waals surface area contributed by atoms with Crippen LogP contribution in [-0.4, -0.2) is 25.3 Å². The van der Waals surface area contributed by atoms with Crippen LogP contribution in [0, 0.1) is 0 Å². The molecule has 0 bridgehead atoms. The van der Waals surface area contributed by atoms with Gasteiger partial charge in [0.05, 0.1) is 0 Å². The van der Waals surface area contributed by atoms with E-state index in [4.69, 9.17) is 0 Å².